The second-order valence-corrected chi connectivity index (χ2v) is 5.74. The third-order valence-corrected chi connectivity index (χ3v) is 4.06. The average Bonchev–Trinajstić information content (AvgIpc) is 2.92. The number of thiazole rings is 1. The summed E-state index contributed by atoms with van der Waals surface area (Å²) in [5.41, 5.74) is 2.04. The third-order valence-electron chi connectivity index (χ3n) is 3.18. The van der Waals surface area contributed by atoms with E-state index in [-0.39, 0.29) is 5.91 Å². The Hall–Kier alpha value is -2.08. The van der Waals surface area contributed by atoms with Crippen molar-refractivity contribution in [1.82, 2.24) is 4.98 Å². The number of benzene rings is 1. The van der Waals surface area contributed by atoms with Gasteiger partial charge in [0.15, 0.2) is 16.6 Å². The second-order valence-electron chi connectivity index (χ2n) is 4.89. The van der Waals surface area contributed by atoms with E-state index in [0.29, 0.717) is 23.1 Å². The zero-order valence-electron chi connectivity index (χ0n) is 13.0. The highest BCUT2D eigenvalue weighted by Crippen LogP contribution is 2.28. The van der Waals surface area contributed by atoms with Crippen molar-refractivity contribution in [2.75, 3.05) is 19.5 Å². The van der Waals surface area contributed by atoms with Gasteiger partial charge in [-0.15, -0.1) is 11.3 Å². The first kappa shape index (κ1) is 16.3. The molecule has 2 rings (SSSR count). The van der Waals surface area contributed by atoms with Crippen LogP contribution in [-0.2, 0) is 11.2 Å². The maximum absolute atomic E-state index is 11.8. The van der Waals surface area contributed by atoms with Crippen LogP contribution in [0.4, 0.5) is 5.13 Å². The van der Waals surface area contributed by atoms with Crippen LogP contribution in [0.25, 0.3) is 0 Å². The molecule has 0 atom stereocenters. The molecule has 0 aliphatic carbocycles. The Morgan fingerprint density at radius 1 is 1.27 bits per heavy atom. The van der Waals surface area contributed by atoms with Crippen molar-refractivity contribution in [3.63, 3.8) is 0 Å². The van der Waals surface area contributed by atoms with Crippen LogP contribution in [-0.4, -0.2) is 25.1 Å². The fourth-order valence-electron chi connectivity index (χ4n) is 2.08. The lowest BCUT2D eigenvalue weighted by atomic mass is 10.1. The van der Waals surface area contributed by atoms with Gasteiger partial charge in [-0.1, -0.05) is 6.07 Å². The summed E-state index contributed by atoms with van der Waals surface area (Å²) in [7, 11) is 3.23. The van der Waals surface area contributed by atoms with E-state index < -0.39 is 0 Å². The van der Waals surface area contributed by atoms with Crippen molar-refractivity contribution < 1.29 is 14.3 Å². The number of methoxy groups -OCH3 is 2. The van der Waals surface area contributed by atoms with Crippen molar-refractivity contribution in [3.05, 3.63) is 34.8 Å². The number of nitrogens with zero attached hydrogens (tertiary/aromatic N) is 1. The molecule has 1 aromatic carbocycles. The number of aryl methyl sites for hydroxylation is 2. The molecule has 0 fully saturated rings. The Morgan fingerprint density at radius 3 is 2.68 bits per heavy atom. The van der Waals surface area contributed by atoms with Crippen LogP contribution in [0.2, 0.25) is 0 Å². The minimum absolute atomic E-state index is 0.00479. The number of hydrogen-bond acceptors (Lipinski definition) is 5. The SMILES string of the molecule is COc1ccc(CCCC(=O)Nc2nc(C)cs2)cc1OC. The van der Waals surface area contributed by atoms with Crippen molar-refractivity contribution >= 4 is 22.4 Å². The Bertz CT molecular complexity index is 640. The first-order valence-corrected chi connectivity index (χ1v) is 7.93. The monoisotopic (exact) mass is 320 g/mol. The topological polar surface area (TPSA) is 60.5 Å². The highest BCUT2D eigenvalue weighted by Gasteiger charge is 2.07. The van der Waals surface area contributed by atoms with Crippen LogP contribution in [0.1, 0.15) is 24.1 Å². The molecule has 0 bridgehead atoms. The van der Waals surface area contributed by atoms with Gasteiger partial charge in [0.05, 0.1) is 19.9 Å². The number of anilines is 1. The van der Waals surface area contributed by atoms with Crippen LogP contribution in [0.15, 0.2) is 23.6 Å². The summed E-state index contributed by atoms with van der Waals surface area (Å²) in [5, 5.41) is 5.39. The molecule has 1 aromatic heterocycles. The van der Waals surface area contributed by atoms with Crippen LogP contribution in [0.3, 0.4) is 0 Å². The molecule has 1 N–H and O–H groups in total. The molecular formula is C16H20N2O3S. The molecule has 22 heavy (non-hydrogen) atoms. The predicted molar refractivity (Wildman–Crippen MR) is 88.0 cm³/mol. The van der Waals surface area contributed by atoms with E-state index in [1.165, 1.54) is 11.3 Å². The molecule has 6 heteroatoms. The standard InChI is InChI=1S/C16H20N2O3S/c1-11-10-22-16(17-11)18-15(19)6-4-5-12-7-8-13(20-2)14(9-12)21-3/h7-10H,4-6H2,1-3H3,(H,17,18,19). The Labute approximate surface area is 134 Å². The van der Waals surface area contributed by atoms with Gasteiger partial charge in [-0.3, -0.25) is 4.79 Å². The molecule has 0 unspecified atom stereocenters. The number of carbonyl (C=O) groups is 1. The van der Waals surface area contributed by atoms with E-state index in [9.17, 15) is 4.79 Å². The average molecular weight is 320 g/mol. The predicted octanol–water partition coefficient (Wildman–Crippen LogP) is 3.43. The van der Waals surface area contributed by atoms with E-state index in [2.05, 4.69) is 10.3 Å². The molecule has 118 valence electrons. The van der Waals surface area contributed by atoms with Crippen molar-refractivity contribution in [2.24, 2.45) is 0 Å². The summed E-state index contributed by atoms with van der Waals surface area (Å²) in [6, 6.07) is 5.82. The van der Waals surface area contributed by atoms with Crippen molar-refractivity contribution in [2.45, 2.75) is 26.2 Å². The molecule has 0 aliphatic heterocycles. The molecule has 1 heterocycles. The minimum Gasteiger partial charge on any atom is -0.493 e. The van der Waals surface area contributed by atoms with Gasteiger partial charge in [0, 0.05) is 11.8 Å². The van der Waals surface area contributed by atoms with Gasteiger partial charge in [-0.2, -0.15) is 0 Å². The van der Waals surface area contributed by atoms with Crippen LogP contribution < -0.4 is 14.8 Å². The highest BCUT2D eigenvalue weighted by molar-refractivity contribution is 7.13. The second kappa shape index (κ2) is 7.79. The zero-order chi connectivity index (χ0) is 15.9. The highest BCUT2D eigenvalue weighted by atomic mass is 32.1. The van der Waals surface area contributed by atoms with E-state index >= 15 is 0 Å². The van der Waals surface area contributed by atoms with Gasteiger partial charge in [0.2, 0.25) is 5.91 Å². The number of nitrogens with one attached hydrogen (secondary N) is 1. The van der Waals surface area contributed by atoms with Gasteiger partial charge in [-0.05, 0) is 37.5 Å². The lowest BCUT2D eigenvalue weighted by Crippen LogP contribution is -2.11. The Morgan fingerprint density at radius 2 is 2.05 bits per heavy atom. The van der Waals surface area contributed by atoms with Crippen molar-refractivity contribution in [3.8, 4) is 11.5 Å². The number of carbonyl (C=O) groups excluding carboxylic acids is 1. The van der Waals surface area contributed by atoms with E-state index in [1.54, 1.807) is 14.2 Å². The zero-order valence-corrected chi connectivity index (χ0v) is 13.8. The quantitative estimate of drug-likeness (QED) is 0.849. The van der Waals surface area contributed by atoms with Gasteiger partial charge in [0.1, 0.15) is 0 Å². The molecule has 2 aromatic rings. The first-order chi connectivity index (χ1) is 10.6. The first-order valence-electron chi connectivity index (χ1n) is 7.05. The van der Waals surface area contributed by atoms with Gasteiger partial charge >= 0.3 is 0 Å². The maximum atomic E-state index is 11.8. The Balaban J connectivity index is 1.82. The molecule has 5 nitrogen and oxygen atoms in total. The molecule has 0 saturated carbocycles. The largest absolute Gasteiger partial charge is 0.493 e. The molecule has 0 aliphatic rings. The number of ether oxygens (including phenoxy) is 2. The smallest absolute Gasteiger partial charge is 0.226 e. The van der Waals surface area contributed by atoms with Gasteiger partial charge in [-0.25, -0.2) is 4.98 Å². The van der Waals surface area contributed by atoms with Crippen LogP contribution in [0.5, 0.6) is 11.5 Å². The summed E-state index contributed by atoms with van der Waals surface area (Å²) in [6.07, 6.45) is 2.04. The summed E-state index contributed by atoms with van der Waals surface area (Å²) < 4.78 is 10.5. The Kier molecular flexibility index (Phi) is 5.77. The minimum atomic E-state index is -0.00479. The van der Waals surface area contributed by atoms with E-state index in [1.807, 2.05) is 30.5 Å². The summed E-state index contributed by atoms with van der Waals surface area (Å²) >= 11 is 1.44. The molecule has 0 saturated heterocycles. The number of hydrogen-bond donors (Lipinski definition) is 1. The van der Waals surface area contributed by atoms with Gasteiger partial charge in [0.25, 0.3) is 0 Å². The summed E-state index contributed by atoms with van der Waals surface area (Å²) in [5.74, 6) is 1.42. The van der Waals surface area contributed by atoms with Crippen LogP contribution >= 0.6 is 11.3 Å². The number of rotatable bonds is 7. The van der Waals surface area contributed by atoms with Crippen LogP contribution in [0, 0.1) is 6.92 Å². The summed E-state index contributed by atoms with van der Waals surface area (Å²) in [4.78, 5) is 16.1. The molecular weight excluding hydrogens is 300 g/mol. The number of aromatic nitrogens is 1. The van der Waals surface area contributed by atoms with E-state index in [0.717, 1.165) is 24.1 Å². The fourth-order valence-corrected chi connectivity index (χ4v) is 2.79. The maximum Gasteiger partial charge on any atom is 0.226 e. The molecule has 0 radical (unpaired) electrons. The third kappa shape index (κ3) is 4.46. The fraction of sp³-hybridized carbons (Fsp3) is 0.375. The van der Waals surface area contributed by atoms with Gasteiger partial charge < -0.3 is 14.8 Å². The van der Waals surface area contributed by atoms with Crippen molar-refractivity contribution in [1.29, 1.82) is 0 Å². The lowest BCUT2D eigenvalue weighted by molar-refractivity contribution is -0.116. The lowest BCUT2D eigenvalue weighted by Gasteiger charge is -2.09. The summed E-state index contributed by atoms with van der Waals surface area (Å²) in [6.45, 7) is 1.91. The number of amides is 1. The van der Waals surface area contributed by atoms with E-state index in [4.69, 9.17) is 9.47 Å². The molecule has 1 amide bonds. The molecule has 0 spiro atoms. The normalized spacial score (nSPS) is 10.3.